The molecular formula is C31H38N6O3. The maximum absolute atomic E-state index is 12.2. The average molecular weight is 543 g/mol. The summed E-state index contributed by atoms with van der Waals surface area (Å²) in [6, 6.07) is 12.6. The summed E-state index contributed by atoms with van der Waals surface area (Å²) in [6.07, 6.45) is 4.41. The predicted octanol–water partition coefficient (Wildman–Crippen LogP) is 3.59. The molecule has 1 amide bonds. The van der Waals surface area contributed by atoms with Gasteiger partial charge in [0.1, 0.15) is 17.7 Å². The van der Waals surface area contributed by atoms with E-state index in [4.69, 9.17) is 14.7 Å². The van der Waals surface area contributed by atoms with Crippen molar-refractivity contribution in [3.63, 3.8) is 0 Å². The van der Waals surface area contributed by atoms with Crippen molar-refractivity contribution in [2.45, 2.75) is 44.9 Å². The average Bonchev–Trinajstić information content (AvgIpc) is 3.41. The van der Waals surface area contributed by atoms with Gasteiger partial charge in [-0.05, 0) is 57.3 Å². The molecule has 0 aliphatic carbocycles. The van der Waals surface area contributed by atoms with E-state index in [1.165, 1.54) is 12.5 Å². The molecule has 0 unspecified atom stereocenters. The molecule has 40 heavy (non-hydrogen) atoms. The summed E-state index contributed by atoms with van der Waals surface area (Å²) in [5, 5.41) is 12.6. The quantitative estimate of drug-likeness (QED) is 0.473. The molecule has 9 nitrogen and oxygen atoms in total. The molecule has 9 heteroatoms. The fraction of sp³-hybridized carbons (Fsp3) is 0.452. The highest BCUT2D eigenvalue weighted by Crippen LogP contribution is 2.36. The molecule has 210 valence electrons. The second-order valence-electron chi connectivity index (χ2n) is 11.1. The number of amides is 1. The molecule has 0 bridgehead atoms. The fourth-order valence-electron chi connectivity index (χ4n) is 6.49. The number of benzene rings is 2. The number of likely N-dealkylation sites (tertiary alicyclic amines) is 1. The lowest BCUT2D eigenvalue weighted by atomic mass is 10.0. The Kier molecular flexibility index (Phi) is 7.23. The van der Waals surface area contributed by atoms with Crippen molar-refractivity contribution < 1.29 is 14.6 Å². The monoisotopic (exact) mass is 542 g/mol. The summed E-state index contributed by atoms with van der Waals surface area (Å²) in [5.74, 6) is 1.14. The molecule has 3 aromatic rings. The highest BCUT2D eigenvalue weighted by molar-refractivity contribution is 5.95. The van der Waals surface area contributed by atoms with E-state index < -0.39 is 0 Å². The number of phenols is 1. The third-order valence-electron chi connectivity index (χ3n) is 8.66. The normalized spacial score (nSPS) is 20.4. The number of aromatic hydroxyl groups is 1. The van der Waals surface area contributed by atoms with Crippen molar-refractivity contribution in [2.75, 3.05) is 56.1 Å². The lowest BCUT2D eigenvalue weighted by molar-refractivity contribution is -0.126. The van der Waals surface area contributed by atoms with Gasteiger partial charge in [-0.1, -0.05) is 30.8 Å². The molecule has 2 aromatic carbocycles. The van der Waals surface area contributed by atoms with Crippen molar-refractivity contribution in [1.82, 2.24) is 19.8 Å². The van der Waals surface area contributed by atoms with Crippen LogP contribution in [-0.2, 0) is 17.8 Å². The molecule has 2 fully saturated rings. The van der Waals surface area contributed by atoms with Crippen LogP contribution in [0.4, 0.5) is 11.5 Å². The van der Waals surface area contributed by atoms with Gasteiger partial charge in [-0.15, -0.1) is 0 Å². The second-order valence-corrected chi connectivity index (χ2v) is 11.1. The van der Waals surface area contributed by atoms with Crippen LogP contribution >= 0.6 is 0 Å². The third kappa shape index (κ3) is 5.06. The van der Waals surface area contributed by atoms with Crippen LogP contribution < -0.4 is 14.5 Å². The van der Waals surface area contributed by atoms with E-state index in [9.17, 15) is 9.90 Å². The Bertz CT molecular complexity index is 1420. The SMILES string of the molecule is C=CC(=O)N1CCN(c2nc(O[C@@H](C)[C@@H]3CCCN3C)nc3c2CCN(c2cc(O)cc4ccccc24)C3)CC1. The van der Waals surface area contributed by atoms with Gasteiger partial charge >= 0.3 is 6.01 Å². The maximum atomic E-state index is 12.2. The molecule has 3 aliphatic heterocycles. The van der Waals surface area contributed by atoms with Crippen molar-refractivity contribution in [2.24, 2.45) is 0 Å². The van der Waals surface area contributed by atoms with Crippen LogP contribution in [0.15, 0.2) is 49.1 Å². The van der Waals surface area contributed by atoms with E-state index in [0.717, 1.165) is 59.5 Å². The Morgan fingerprint density at radius 2 is 1.90 bits per heavy atom. The van der Waals surface area contributed by atoms with Gasteiger partial charge in [-0.25, -0.2) is 0 Å². The Labute approximate surface area is 235 Å². The zero-order valence-corrected chi connectivity index (χ0v) is 23.4. The summed E-state index contributed by atoms with van der Waals surface area (Å²) in [5.41, 5.74) is 3.10. The van der Waals surface area contributed by atoms with Crippen molar-refractivity contribution in [3.05, 3.63) is 60.3 Å². The molecule has 2 atom stereocenters. The van der Waals surface area contributed by atoms with E-state index in [2.05, 4.69) is 41.3 Å². The van der Waals surface area contributed by atoms with Gasteiger partial charge < -0.3 is 24.5 Å². The number of ether oxygens (including phenoxy) is 1. The minimum atomic E-state index is -0.0323. The van der Waals surface area contributed by atoms with E-state index in [1.54, 1.807) is 6.07 Å². The van der Waals surface area contributed by atoms with Crippen LogP contribution in [0.2, 0.25) is 0 Å². The molecule has 0 saturated carbocycles. The second kappa shape index (κ2) is 11.0. The number of carbonyl (C=O) groups is 1. The summed E-state index contributed by atoms with van der Waals surface area (Å²) in [4.78, 5) is 30.9. The number of carbonyl (C=O) groups excluding carboxylic acids is 1. The third-order valence-corrected chi connectivity index (χ3v) is 8.66. The van der Waals surface area contributed by atoms with Gasteiger partial charge in [0.2, 0.25) is 5.91 Å². The zero-order valence-electron chi connectivity index (χ0n) is 23.4. The first-order chi connectivity index (χ1) is 19.4. The summed E-state index contributed by atoms with van der Waals surface area (Å²) >= 11 is 0. The Balaban J connectivity index is 1.33. The number of hydrogen-bond acceptors (Lipinski definition) is 8. The number of nitrogens with zero attached hydrogens (tertiary/aromatic N) is 6. The van der Waals surface area contributed by atoms with E-state index >= 15 is 0 Å². The topological polar surface area (TPSA) is 85.3 Å². The largest absolute Gasteiger partial charge is 0.508 e. The summed E-state index contributed by atoms with van der Waals surface area (Å²) in [7, 11) is 2.15. The Hall–Kier alpha value is -3.85. The summed E-state index contributed by atoms with van der Waals surface area (Å²) < 4.78 is 6.45. The molecule has 1 aromatic heterocycles. The van der Waals surface area contributed by atoms with E-state index in [-0.39, 0.29) is 17.8 Å². The van der Waals surface area contributed by atoms with Gasteiger partial charge in [0, 0.05) is 61.5 Å². The number of aromatic nitrogens is 2. The van der Waals surface area contributed by atoms with Crippen molar-refractivity contribution in [1.29, 1.82) is 0 Å². The lowest BCUT2D eigenvalue weighted by Gasteiger charge is -2.38. The Morgan fingerprint density at radius 1 is 1.10 bits per heavy atom. The van der Waals surface area contributed by atoms with Crippen LogP contribution in [0.25, 0.3) is 10.8 Å². The van der Waals surface area contributed by atoms with Gasteiger partial charge in [0.05, 0.1) is 12.2 Å². The highest BCUT2D eigenvalue weighted by atomic mass is 16.5. The van der Waals surface area contributed by atoms with Crippen LogP contribution in [-0.4, -0.2) is 89.2 Å². The molecule has 6 rings (SSSR count). The molecule has 4 heterocycles. The lowest BCUT2D eigenvalue weighted by Crippen LogP contribution is -2.49. The zero-order chi connectivity index (χ0) is 27.8. The fourth-order valence-corrected chi connectivity index (χ4v) is 6.49. The summed E-state index contributed by atoms with van der Waals surface area (Å²) in [6.45, 7) is 10.9. The number of anilines is 2. The molecule has 0 radical (unpaired) electrons. The standard InChI is InChI=1S/C31H38N6O3/c1-4-29(39)35-14-16-36(17-15-35)30-25-11-13-37(28-19-23(38)18-22-8-5-6-9-24(22)28)20-26(25)32-31(33-30)40-21(2)27-10-7-12-34(27)3/h4-6,8-9,18-19,21,27,38H,1,7,10-17,20H2,2-3H3/t21-,27-/m0/s1. The van der Waals surface area contributed by atoms with Crippen LogP contribution in [0.3, 0.4) is 0 Å². The van der Waals surface area contributed by atoms with Crippen LogP contribution in [0.5, 0.6) is 11.8 Å². The first-order valence-corrected chi connectivity index (χ1v) is 14.3. The number of phenolic OH excluding ortho intramolecular Hbond substituents is 1. The highest BCUT2D eigenvalue weighted by Gasteiger charge is 2.32. The number of hydrogen-bond donors (Lipinski definition) is 1. The smallest absolute Gasteiger partial charge is 0.318 e. The van der Waals surface area contributed by atoms with Crippen molar-refractivity contribution in [3.8, 4) is 11.8 Å². The van der Waals surface area contributed by atoms with Gasteiger partial charge in [-0.3, -0.25) is 9.69 Å². The number of piperazine rings is 1. The number of likely N-dealkylation sites (N-methyl/N-ethyl adjacent to an activating group) is 1. The minimum Gasteiger partial charge on any atom is -0.508 e. The molecule has 1 N–H and O–H groups in total. The first kappa shape index (κ1) is 26.4. The molecule has 3 aliphatic rings. The molecule has 2 saturated heterocycles. The van der Waals surface area contributed by atoms with Gasteiger partial charge in [-0.2, -0.15) is 9.97 Å². The molecule has 0 spiro atoms. The van der Waals surface area contributed by atoms with E-state index in [1.807, 2.05) is 29.2 Å². The van der Waals surface area contributed by atoms with E-state index in [0.29, 0.717) is 44.8 Å². The minimum absolute atomic E-state index is 0.0307. The number of rotatable bonds is 6. The van der Waals surface area contributed by atoms with Crippen LogP contribution in [0, 0.1) is 0 Å². The predicted molar refractivity (Wildman–Crippen MR) is 157 cm³/mol. The van der Waals surface area contributed by atoms with Gasteiger partial charge in [0.15, 0.2) is 0 Å². The van der Waals surface area contributed by atoms with Gasteiger partial charge in [0.25, 0.3) is 0 Å². The van der Waals surface area contributed by atoms with Crippen molar-refractivity contribution >= 4 is 28.2 Å². The first-order valence-electron chi connectivity index (χ1n) is 14.3. The number of fused-ring (bicyclic) bond motifs is 2. The Morgan fingerprint density at radius 3 is 2.65 bits per heavy atom. The molecular weight excluding hydrogens is 504 g/mol. The van der Waals surface area contributed by atoms with Crippen LogP contribution in [0.1, 0.15) is 31.0 Å². The maximum Gasteiger partial charge on any atom is 0.318 e.